The van der Waals surface area contributed by atoms with E-state index in [1.165, 1.54) is 25.6 Å². The van der Waals surface area contributed by atoms with Gasteiger partial charge in [-0.2, -0.15) is 0 Å². The largest absolute Gasteiger partial charge is 0.468 e. The Morgan fingerprint density at radius 2 is 1.75 bits per heavy atom. The van der Waals surface area contributed by atoms with Crippen LogP contribution in [0, 0.1) is 11.3 Å². The number of thiazole rings is 1. The second kappa shape index (κ2) is 15.0. The molecule has 1 amide bonds. The van der Waals surface area contributed by atoms with Gasteiger partial charge in [-0.1, -0.05) is 43.1 Å². The van der Waals surface area contributed by atoms with Crippen LogP contribution in [0.1, 0.15) is 43.2 Å². The van der Waals surface area contributed by atoms with Gasteiger partial charge in [0, 0.05) is 72.4 Å². The minimum absolute atomic E-state index is 0.0244. The number of carbonyl (C=O) groups excluding carboxylic acids is 3. The molecule has 0 radical (unpaired) electrons. The highest BCUT2D eigenvalue weighted by atomic mass is 35.5. The Labute approximate surface area is 272 Å². The minimum Gasteiger partial charge on any atom is -0.468 e. The van der Waals surface area contributed by atoms with E-state index in [0.29, 0.717) is 56.8 Å². The number of esters is 2. The number of nitrogens with zero attached hydrogens (tertiary/aromatic N) is 4. The number of hydrogen-bond donors (Lipinski definition) is 1. The summed E-state index contributed by atoms with van der Waals surface area (Å²) in [6.07, 6.45) is 2.39. The van der Waals surface area contributed by atoms with Crippen molar-refractivity contribution in [2.75, 3.05) is 53.5 Å². The summed E-state index contributed by atoms with van der Waals surface area (Å²) < 4.78 is 10.4. The molecule has 1 saturated heterocycles. The summed E-state index contributed by atoms with van der Waals surface area (Å²) in [5.41, 5.74) is 7.02. The van der Waals surface area contributed by atoms with Crippen LogP contribution < -0.4 is 5.73 Å². The molecule has 2 aromatic rings. The number of amides is 1. The molecule has 0 spiro atoms. The highest BCUT2D eigenvalue weighted by molar-refractivity contribution is 7.09. The molecule has 2 aliphatic rings. The monoisotopic (exact) mass is 663 g/mol. The number of carbonyl (C=O) groups is 3. The van der Waals surface area contributed by atoms with E-state index in [2.05, 4.69) is 23.7 Å². The first-order valence-electron chi connectivity index (χ1n) is 14.5. The van der Waals surface area contributed by atoms with E-state index < -0.39 is 23.8 Å². The van der Waals surface area contributed by atoms with Crippen LogP contribution in [0.4, 0.5) is 0 Å². The van der Waals surface area contributed by atoms with Gasteiger partial charge in [0.1, 0.15) is 5.92 Å². The molecule has 1 fully saturated rings. The number of aryl methyl sites for hydroxylation is 1. The number of aliphatic imine (C=N–C) groups is 1. The number of rotatable bonds is 11. The smallest absolute Gasteiger partial charge is 0.336 e. The normalized spacial score (nSPS) is 19.5. The first-order valence-corrected chi connectivity index (χ1v) is 16.1. The molecule has 1 aromatic heterocycles. The lowest BCUT2D eigenvalue weighted by Gasteiger charge is -2.39. The van der Waals surface area contributed by atoms with Crippen molar-refractivity contribution in [3.8, 4) is 0 Å². The Balaban J connectivity index is 1.74. The summed E-state index contributed by atoms with van der Waals surface area (Å²) in [6, 6.07) is 4.97. The van der Waals surface area contributed by atoms with Crippen molar-refractivity contribution in [1.29, 1.82) is 0 Å². The standard InChI is InChI=1S/C31H39Cl2N5O5S/c1-31(2,17-34)18-37-11-13-38(14-12-37)24(39)16-22-27(30(41)43-4)28(25-19(32)6-5-7-20(25)33)26(29(40)42-3)21(36-22)8-9-23-35-10-15-44-23/h5-7,10,15,26,28H,8-9,11-14,16-18,34H2,1-4H3. The molecule has 1 aromatic carbocycles. The highest BCUT2D eigenvalue weighted by Crippen LogP contribution is 2.46. The third-order valence-electron chi connectivity index (χ3n) is 8.09. The Morgan fingerprint density at radius 3 is 2.32 bits per heavy atom. The minimum atomic E-state index is -1.03. The lowest BCUT2D eigenvalue weighted by molar-refractivity contribution is -0.143. The quantitative estimate of drug-likeness (QED) is 0.352. The maximum Gasteiger partial charge on any atom is 0.336 e. The molecule has 2 unspecified atom stereocenters. The summed E-state index contributed by atoms with van der Waals surface area (Å²) in [7, 11) is 2.53. The zero-order valence-corrected chi connectivity index (χ0v) is 27.8. The molecule has 3 heterocycles. The van der Waals surface area contributed by atoms with Gasteiger partial charge in [0.2, 0.25) is 5.91 Å². The van der Waals surface area contributed by atoms with Gasteiger partial charge in [-0.25, -0.2) is 9.78 Å². The maximum absolute atomic E-state index is 13.8. The van der Waals surface area contributed by atoms with Gasteiger partial charge >= 0.3 is 11.9 Å². The zero-order chi connectivity index (χ0) is 32.0. The molecule has 2 atom stereocenters. The van der Waals surface area contributed by atoms with Crippen LogP contribution in [0.5, 0.6) is 0 Å². The van der Waals surface area contributed by atoms with Gasteiger partial charge in [0.25, 0.3) is 0 Å². The summed E-state index contributed by atoms with van der Waals surface area (Å²) in [5.74, 6) is -3.52. The van der Waals surface area contributed by atoms with E-state index in [4.69, 9.17) is 43.4 Å². The zero-order valence-electron chi connectivity index (χ0n) is 25.5. The van der Waals surface area contributed by atoms with Crippen molar-refractivity contribution in [1.82, 2.24) is 14.8 Å². The Hall–Kier alpha value is -2.83. The maximum atomic E-state index is 13.8. The lowest BCUT2D eigenvalue weighted by atomic mass is 9.74. The van der Waals surface area contributed by atoms with E-state index in [9.17, 15) is 14.4 Å². The summed E-state index contributed by atoms with van der Waals surface area (Å²) in [5, 5.41) is 3.26. The van der Waals surface area contributed by atoms with E-state index in [1.54, 1.807) is 29.3 Å². The van der Waals surface area contributed by atoms with Crippen LogP contribution in [-0.2, 0) is 30.3 Å². The molecular formula is C31H39Cl2N5O5S. The van der Waals surface area contributed by atoms with Gasteiger partial charge in [-0.15, -0.1) is 11.3 Å². The Morgan fingerprint density at radius 1 is 1.07 bits per heavy atom. The van der Waals surface area contributed by atoms with E-state index >= 15 is 0 Å². The highest BCUT2D eigenvalue weighted by Gasteiger charge is 2.46. The van der Waals surface area contributed by atoms with Crippen molar-refractivity contribution < 1.29 is 23.9 Å². The third kappa shape index (κ3) is 7.87. The van der Waals surface area contributed by atoms with Gasteiger partial charge in [-0.05, 0) is 36.1 Å². The molecule has 238 valence electrons. The Bertz CT molecular complexity index is 1400. The first-order chi connectivity index (χ1) is 21.0. The summed E-state index contributed by atoms with van der Waals surface area (Å²) in [4.78, 5) is 54.0. The summed E-state index contributed by atoms with van der Waals surface area (Å²) >= 11 is 14.9. The molecule has 0 saturated carbocycles. The van der Waals surface area contributed by atoms with Crippen molar-refractivity contribution in [3.63, 3.8) is 0 Å². The van der Waals surface area contributed by atoms with Gasteiger partial charge in [-0.3, -0.25) is 19.5 Å². The molecule has 4 rings (SSSR count). The van der Waals surface area contributed by atoms with Crippen LogP contribution in [0.25, 0.3) is 0 Å². The second-order valence-corrected chi connectivity index (χ2v) is 13.5. The molecule has 10 nitrogen and oxygen atoms in total. The van der Waals surface area contributed by atoms with E-state index in [-0.39, 0.29) is 39.1 Å². The van der Waals surface area contributed by atoms with Crippen molar-refractivity contribution in [2.24, 2.45) is 22.1 Å². The number of benzene rings is 1. The number of ether oxygens (including phenoxy) is 2. The molecule has 2 N–H and O–H groups in total. The van der Waals surface area contributed by atoms with Crippen LogP contribution in [-0.4, -0.2) is 91.8 Å². The number of piperazine rings is 1. The Kier molecular flexibility index (Phi) is 11.6. The molecule has 0 bridgehead atoms. The van der Waals surface area contributed by atoms with Crippen LogP contribution >= 0.6 is 34.5 Å². The first kappa shape index (κ1) is 34.1. The summed E-state index contributed by atoms with van der Waals surface area (Å²) in [6.45, 7) is 8.15. The van der Waals surface area contributed by atoms with Crippen LogP contribution in [0.2, 0.25) is 10.0 Å². The van der Waals surface area contributed by atoms with Crippen molar-refractivity contribution >= 4 is 58.1 Å². The van der Waals surface area contributed by atoms with E-state index in [1.807, 2.05) is 5.38 Å². The average Bonchev–Trinajstić information content (AvgIpc) is 3.53. The fourth-order valence-electron chi connectivity index (χ4n) is 5.75. The van der Waals surface area contributed by atoms with Crippen molar-refractivity contribution in [2.45, 2.75) is 39.0 Å². The lowest BCUT2D eigenvalue weighted by Crippen LogP contribution is -2.51. The topological polar surface area (TPSA) is 127 Å². The second-order valence-electron chi connectivity index (χ2n) is 11.7. The van der Waals surface area contributed by atoms with Gasteiger partial charge < -0.3 is 20.1 Å². The average molecular weight is 665 g/mol. The fraction of sp³-hybridized carbons (Fsp3) is 0.516. The van der Waals surface area contributed by atoms with Gasteiger partial charge in [0.15, 0.2) is 0 Å². The number of hydrogen-bond acceptors (Lipinski definition) is 10. The van der Waals surface area contributed by atoms with Crippen LogP contribution in [0.3, 0.4) is 0 Å². The van der Waals surface area contributed by atoms with Gasteiger partial charge in [0.05, 0.1) is 36.9 Å². The number of halogens is 2. The number of nitrogens with two attached hydrogens (primary N) is 1. The molecule has 2 aliphatic heterocycles. The number of aromatic nitrogens is 1. The SMILES string of the molecule is COC(=O)C1=C(CC(=O)N2CCN(CC(C)(C)CN)CC2)N=C(CCc2nccs2)C(C(=O)OC)C1c1c(Cl)cccc1Cl. The predicted molar refractivity (Wildman–Crippen MR) is 172 cm³/mol. The molecule has 13 heteroatoms. The predicted octanol–water partition coefficient (Wildman–Crippen LogP) is 4.36. The van der Waals surface area contributed by atoms with E-state index in [0.717, 1.165) is 11.6 Å². The molecule has 44 heavy (non-hydrogen) atoms. The number of methoxy groups -OCH3 is 2. The third-order valence-corrected chi connectivity index (χ3v) is 9.59. The molecule has 0 aliphatic carbocycles. The van der Waals surface area contributed by atoms with Crippen molar-refractivity contribution in [3.05, 3.63) is 61.7 Å². The molecular weight excluding hydrogens is 625 g/mol. The van der Waals surface area contributed by atoms with Crippen LogP contribution in [0.15, 0.2) is 46.0 Å². The fourth-order valence-corrected chi connectivity index (χ4v) is 7.01.